The average Bonchev–Trinajstić information content (AvgIpc) is 2.87. The van der Waals surface area contributed by atoms with E-state index in [-0.39, 0.29) is 0 Å². The number of nitrogens with zero attached hydrogens (tertiary/aromatic N) is 1. The Balaban J connectivity index is 2.09. The van der Waals surface area contributed by atoms with Crippen molar-refractivity contribution in [3.63, 3.8) is 0 Å². The normalized spacial score (nSPS) is 17.4. The molecule has 1 saturated heterocycles. The Hall–Kier alpha value is -1.46. The molecular weight excluding hydrogens is 294 g/mol. The summed E-state index contributed by atoms with van der Waals surface area (Å²) in [5, 5.41) is 10.7. The molecule has 2 rings (SSSR count). The Morgan fingerprint density at radius 1 is 0.957 bits per heavy atom. The lowest BCUT2D eigenvalue weighted by Gasteiger charge is -2.23. The van der Waals surface area contributed by atoms with Crippen molar-refractivity contribution in [1.29, 1.82) is 0 Å². The maximum atomic E-state index is 10.7. The number of aliphatic hydroxyl groups is 1. The third kappa shape index (κ3) is 4.75. The highest BCUT2D eigenvalue weighted by Gasteiger charge is 2.21. The minimum atomic E-state index is -0.617. The molecular formula is C18H29NO4. The van der Waals surface area contributed by atoms with Gasteiger partial charge in [-0.15, -0.1) is 0 Å². The molecule has 1 aromatic rings. The molecule has 1 unspecified atom stereocenters. The molecule has 130 valence electrons. The number of methoxy groups -OCH3 is 3. The molecule has 1 aliphatic rings. The van der Waals surface area contributed by atoms with Crippen LogP contribution in [0.4, 0.5) is 0 Å². The molecule has 0 spiro atoms. The molecule has 0 bridgehead atoms. The van der Waals surface area contributed by atoms with E-state index in [1.54, 1.807) is 33.5 Å². The van der Waals surface area contributed by atoms with Gasteiger partial charge >= 0.3 is 0 Å². The van der Waals surface area contributed by atoms with Gasteiger partial charge in [-0.2, -0.15) is 0 Å². The zero-order valence-electron chi connectivity index (χ0n) is 14.5. The van der Waals surface area contributed by atoms with Crippen LogP contribution in [0.15, 0.2) is 12.1 Å². The smallest absolute Gasteiger partial charge is 0.132 e. The number of ether oxygens (including phenoxy) is 3. The molecule has 1 aromatic carbocycles. The second-order valence-corrected chi connectivity index (χ2v) is 6.01. The monoisotopic (exact) mass is 323 g/mol. The zero-order valence-corrected chi connectivity index (χ0v) is 14.5. The fraction of sp³-hybridized carbons (Fsp3) is 0.667. The molecule has 0 amide bonds. The lowest BCUT2D eigenvalue weighted by Crippen LogP contribution is -2.27. The quantitative estimate of drug-likeness (QED) is 0.836. The van der Waals surface area contributed by atoms with Crippen LogP contribution in [0.1, 0.15) is 43.8 Å². The minimum absolute atomic E-state index is 0.601. The summed E-state index contributed by atoms with van der Waals surface area (Å²) >= 11 is 0. The predicted octanol–water partition coefficient (Wildman–Crippen LogP) is 3.01. The first-order valence-corrected chi connectivity index (χ1v) is 8.40. The number of aliphatic hydroxyl groups excluding tert-OH is 1. The Morgan fingerprint density at radius 2 is 1.52 bits per heavy atom. The third-order valence-corrected chi connectivity index (χ3v) is 4.50. The van der Waals surface area contributed by atoms with E-state index in [9.17, 15) is 5.11 Å². The van der Waals surface area contributed by atoms with E-state index in [1.807, 2.05) is 0 Å². The van der Waals surface area contributed by atoms with Crippen LogP contribution in [0.2, 0.25) is 0 Å². The van der Waals surface area contributed by atoms with Gasteiger partial charge in [0.2, 0.25) is 0 Å². The first kappa shape index (κ1) is 17.9. The molecule has 1 atom stereocenters. The number of benzene rings is 1. The molecule has 1 heterocycles. The van der Waals surface area contributed by atoms with Crippen molar-refractivity contribution >= 4 is 0 Å². The summed E-state index contributed by atoms with van der Waals surface area (Å²) in [4.78, 5) is 2.44. The van der Waals surface area contributed by atoms with E-state index in [0.29, 0.717) is 29.2 Å². The van der Waals surface area contributed by atoms with Crippen molar-refractivity contribution in [2.24, 2.45) is 0 Å². The van der Waals surface area contributed by atoms with Crippen LogP contribution >= 0.6 is 0 Å². The first-order valence-electron chi connectivity index (χ1n) is 8.40. The summed E-state index contributed by atoms with van der Waals surface area (Å²) in [5.41, 5.74) is 0.700. The van der Waals surface area contributed by atoms with Gasteiger partial charge in [0.25, 0.3) is 0 Å². The lowest BCUT2D eigenvalue weighted by molar-refractivity contribution is 0.136. The van der Waals surface area contributed by atoms with Gasteiger partial charge in [-0.25, -0.2) is 0 Å². The summed E-state index contributed by atoms with van der Waals surface area (Å²) in [6, 6.07) is 3.57. The van der Waals surface area contributed by atoms with Gasteiger partial charge < -0.3 is 24.2 Å². The Labute approximate surface area is 139 Å². The number of rotatable bonds is 7. The second kappa shape index (κ2) is 8.99. The van der Waals surface area contributed by atoms with Crippen molar-refractivity contribution in [1.82, 2.24) is 4.90 Å². The average molecular weight is 323 g/mol. The fourth-order valence-corrected chi connectivity index (χ4v) is 3.17. The second-order valence-electron chi connectivity index (χ2n) is 6.01. The highest BCUT2D eigenvalue weighted by molar-refractivity contribution is 5.51. The third-order valence-electron chi connectivity index (χ3n) is 4.50. The van der Waals surface area contributed by atoms with Crippen LogP contribution in [0.25, 0.3) is 0 Å². The molecule has 0 saturated carbocycles. The summed E-state index contributed by atoms with van der Waals surface area (Å²) in [5.74, 6) is 1.86. The lowest BCUT2D eigenvalue weighted by atomic mass is 10.0. The molecule has 1 fully saturated rings. The maximum absolute atomic E-state index is 10.7. The van der Waals surface area contributed by atoms with Crippen molar-refractivity contribution in [3.05, 3.63) is 17.7 Å². The minimum Gasteiger partial charge on any atom is -0.496 e. The Kier molecular flexibility index (Phi) is 6.99. The Morgan fingerprint density at radius 3 is 2.00 bits per heavy atom. The number of hydrogen-bond acceptors (Lipinski definition) is 5. The summed E-state index contributed by atoms with van der Waals surface area (Å²) in [6.45, 7) is 3.15. The molecule has 1 N–H and O–H groups in total. The van der Waals surface area contributed by atoms with Crippen LogP contribution in [-0.4, -0.2) is 51.0 Å². The molecule has 1 aliphatic heterocycles. The van der Waals surface area contributed by atoms with Gasteiger partial charge in [0.05, 0.1) is 33.0 Å². The van der Waals surface area contributed by atoms with Crippen molar-refractivity contribution in [2.75, 3.05) is 41.0 Å². The largest absolute Gasteiger partial charge is 0.496 e. The van der Waals surface area contributed by atoms with Gasteiger partial charge in [-0.3, -0.25) is 0 Å². The van der Waals surface area contributed by atoms with E-state index in [4.69, 9.17) is 14.2 Å². The van der Waals surface area contributed by atoms with E-state index in [2.05, 4.69) is 4.90 Å². The SMILES string of the molecule is COc1cc(OC)c(C(O)CCN2CCCCCC2)c(OC)c1. The van der Waals surface area contributed by atoms with Crippen molar-refractivity contribution in [2.45, 2.75) is 38.2 Å². The predicted molar refractivity (Wildman–Crippen MR) is 90.6 cm³/mol. The van der Waals surface area contributed by atoms with Crippen LogP contribution in [-0.2, 0) is 0 Å². The number of hydrogen-bond donors (Lipinski definition) is 1. The topological polar surface area (TPSA) is 51.2 Å². The van der Waals surface area contributed by atoms with Gasteiger partial charge in [-0.05, 0) is 32.4 Å². The van der Waals surface area contributed by atoms with Crippen LogP contribution < -0.4 is 14.2 Å². The summed E-state index contributed by atoms with van der Waals surface area (Å²) in [6.07, 6.45) is 5.20. The molecule has 23 heavy (non-hydrogen) atoms. The van der Waals surface area contributed by atoms with Crippen molar-refractivity contribution in [3.8, 4) is 17.2 Å². The van der Waals surface area contributed by atoms with Gasteiger partial charge in [0.15, 0.2) is 0 Å². The van der Waals surface area contributed by atoms with E-state index >= 15 is 0 Å². The molecule has 5 heteroatoms. The first-order chi connectivity index (χ1) is 11.2. The number of likely N-dealkylation sites (tertiary alicyclic amines) is 1. The van der Waals surface area contributed by atoms with Gasteiger partial charge in [-0.1, -0.05) is 12.8 Å². The van der Waals surface area contributed by atoms with E-state index < -0.39 is 6.10 Å². The van der Waals surface area contributed by atoms with E-state index in [0.717, 1.165) is 19.6 Å². The summed E-state index contributed by atoms with van der Waals surface area (Å²) < 4.78 is 16.1. The van der Waals surface area contributed by atoms with Gasteiger partial charge in [0, 0.05) is 18.7 Å². The standard InChI is InChI=1S/C18H29NO4/c1-21-14-12-16(22-2)18(17(13-14)23-3)15(20)8-11-19-9-6-4-5-7-10-19/h12-13,15,20H,4-11H2,1-3H3. The molecule has 0 aliphatic carbocycles. The van der Waals surface area contributed by atoms with E-state index in [1.165, 1.54) is 25.7 Å². The molecule has 5 nitrogen and oxygen atoms in total. The fourth-order valence-electron chi connectivity index (χ4n) is 3.17. The summed E-state index contributed by atoms with van der Waals surface area (Å²) in [7, 11) is 4.79. The van der Waals surface area contributed by atoms with Crippen LogP contribution in [0.3, 0.4) is 0 Å². The highest BCUT2D eigenvalue weighted by Crippen LogP contribution is 2.39. The Bertz CT molecular complexity index is 459. The van der Waals surface area contributed by atoms with Crippen molar-refractivity contribution < 1.29 is 19.3 Å². The zero-order chi connectivity index (χ0) is 16.7. The molecule has 0 aromatic heterocycles. The van der Waals surface area contributed by atoms with Gasteiger partial charge in [0.1, 0.15) is 17.2 Å². The van der Waals surface area contributed by atoms with Crippen LogP contribution in [0.5, 0.6) is 17.2 Å². The highest BCUT2D eigenvalue weighted by atomic mass is 16.5. The van der Waals surface area contributed by atoms with Crippen LogP contribution in [0, 0.1) is 0 Å². The molecule has 0 radical (unpaired) electrons. The maximum Gasteiger partial charge on any atom is 0.132 e.